The van der Waals surface area contributed by atoms with Crippen molar-refractivity contribution in [2.24, 2.45) is 5.92 Å². The molecule has 0 unspecified atom stereocenters. The highest BCUT2D eigenvalue weighted by Gasteiger charge is 2.30. The number of carbonyl (C=O) groups is 2. The van der Waals surface area contributed by atoms with Gasteiger partial charge >= 0.3 is 5.97 Å². The smallest absolute Gasteiger partial charge is 0.341 e. The lowest BCUT2D eigenvalue weighted by Crippen LogP contribution is -2.22. The molecule has 1 aliphatic rings. The topological polar surface area (TPSA) is 55.4 Å². The Morgan fingerprint density at radius 3 is 2.68 bits per heavy atom. The van der Waals surface area contributed by atoms with Gasteiger partial charge in [-0.1, -0.05) is 51.1 Å². The molecule has 1 amide bonds. The second-order valence-corrected chi connectivity index (χ2v) is 8.66. The van der Waals surface area contributed by atoms with Crippen LogP contribution >= 0.6 is 11.3 Å². The molecule has 1 aliphatic carbocycles. The van der Waals surface area contributed by atoms with E-state index in [-0.39, 0.29) is 17.8 Å². The fourth-order valence-electron chi connectivity index (χ4n) is 3.78. The van der Waals surface area contributed by atoms with Crippen LogP contribution in [0.15, 0.2) is 30.3 Å². The SMILES string of the molecule is CCCOC(=O)c1c(NC(=O)[C@H](CC)c2ccccc2)sc2c1CC[C@@H](C)C2. The number of anilines is 1. The molecule has 2 atom stereocenters. The summed E-state index contributed by atoms with van der Waals surface area (Å²) in [7, 11) is 0. The average molecular weight is 400 g/mol. The number of carbonyl (C=O) groups excluding carboxylic acids is 2. The van der Waals surface area contributed by atoms with Gasteiger partial charge in [0.25, 0.3) is 0 Å². The van der Waals surface area contributed by atoms with E-state index in [9.17, 15) is 9.59 Å². The Morgan fingerprint density at radius 1 is 1.25 bits per heavy atom. The predicted molar refractivity (Wildman–Crippen MR) is 114 cm³/mol. The molecular formula is C23H29NO3S. The average Bonchev–Trinajstić information content (AvgIpc) is 3.04. The molecule has 0 spiro atoms. The zero-order valence-electron chi connectivity index (χ0n) is 16.9. The first-order valence-electron chi connectivity index (χ1n) is 10.2. The molecule has 1 aromatic heterocycles. The van der Waals surface area contributed by atoms with Crippen molar-refractivity contribution in [3.63, 3.8) is 0 Å². The minimum atomic E-state index is -0.308. The molecule has 1 aromatic carbocycles. The standard InChI is InChI=1S/C23H29NO3S/c1-4-13-27-23(26)20-18-12-11-15(3)14-19(18)28-22(20)24-21(25)17(5-2)16-9-7-6-8-10-16/h6-10,15,17H,4-5,11-14H2,1-3H3,(H,24,25)/t15-,17-/m1/s1. The number of hydrogen-bond acceptors (Lipinski definition) is 4. The van der Waals surface area contributed by atoms with E-state index in [0.29, 0.717) is 29.5 Å². The molecule has 3 rings (SSSR count). The number of amides is 1. The molecule has 1 heterocycles. The van der Waals surface area contributed by atoms with Crippen molar-refractivity contribution >= 4 is 28.2 Å². The van der Waals surface area contributed by atoms with Crippen molar-refractivity contribution in [1.82, 2.24) is 0 Å². The maximum Gasteiger partial charge on any atom is 0.341 e. The van der Waals surface area contributed by atoms with Crippen LogP contribution in [0.4, 0.5) is 5.00 Å². The Labute approximate surface area is 171 Å². The van der Waals surface area contributed by atoms with Crippen molar-refractivity contribution in [3.05, 3.63) is 51.9 Å². The van der Waals surface area contributed by atoms with Gasteiger partial charge in [-0.15, -0.1) is 11.3 Å². The van der Waals surface area contributed by atoms with Crippen LogP contribution in [0.2, 0.25) is 0 Å². The summed E-state index contributed by atoms with van der Waals surface area (Å²) in [6.45, 7) is 6.62. The molecule has 1 N–H and O–H groups in total. The predicted octanol–water partition coefficient (Wildman–Crippen LogP) is 5.57. The summed E-state index contributed by atoms with van der Waals surface area (Å²) in [5.41, 5.74) is 2.65. The van der Waals surface area contributed by atoms with Gasteiger partial charge < -0.3 is 10.1 Å². The Bertz CT molecular complexity index is 828. The van der Waals surface area contributed by atoms with Crippen molar-refractivity contribution in [1.29, 1.82) is 0 Å². The normalized spacial score (nSPS) is 16.9. The van der Waals surface area contributed by atoms with E-state index >= 15 is 0 Å². The third-order valence-corrected chi connectivity index (χ3v) is 6.49. The molecular weight excluding hydrogens is 370 g/mol. The van der Waals surface area contributed by atoms with Crippen LogP contribution in [-0.2, 0) is 22.4 Å². The van der Waals surface area contributed by atoms with Gasteiger partial charge in [0.05, 0.1) is 18.1 Å². The number of esters is 1. The fourth-order valence-corrected chi connectivity index (χ4v) is 5.18. The highest BCUT2D eigenvalue weighted by molar-refractivity contribution is 7.17. The molecule has 0 saturated carbocycles. The number of fused-ring (bicyclic) bond motifs is 1. The lowest BCUT2D eigenvalue weighted by molar-refractivity contribution is -0.117. The van der Waals surface area contributed by atoms with Crippen molar-refractivity contribution in [2.75, 3.05) is 11.9 Å². The van der Waals surface area contributed by atoms with Gasteiger partial charge in [-0.2, -0.15) is 0 Å². The Balaban J connectivity index is 1.90. The minimum Gasteiger partial charge on any atom is -0.462 e. The van der Waals surface area contributed by atoms with Crippen LogP contribution < -0.4 is 5.32 Å². The van der Waals surface area contributed by atoms with Crippen LogP contribution in [0.3, 0.4) is 0 Å². The monoisotopic (exact) mass is 399 g/mol. The molecule has 0 fully saturated rings. The first kappa shape index (κ1) is 20.6. The zero-order valence-corrected chi connectivity index (χ0v) is 17.7. The highest BCUT2D eigenvalue weighted by Crippen LogP contribution is 2.40. The van der Waals surface area contributed by atoms with Gasteiger partial charge in [0.2, 0.25) is 5.91 Å². The molecule has 0 radical (unpaired) electrons. The lowest BCUT2D eigenvalue weighted by Gasteiger charge is -2.18. The van der Waals surface area contributed by atoms with Crippen LogP contribution in [0.1, 0.15) is 72.3 Å². The number of thiophene rings is 1. The Hall–Kier alpha value is -2.14. The maximum absolute atomic E-state index is 13.1. The molecule has 150 valence electrons. The number of rotatable bonds is 7. The molecule has 0 aliphatic heterocycles. The molecule has 0 bridgehead atoms. The van der Waals surface area contributed by atoms with Crippen molar-refractivity contribution < 1.29 is 14.3 Å². The highest BCUT2D eigenvalue weighted by atomic mass is 32.1. The Morgan fingerprint density at radius 2 is 2.00 bits per heavy atom. The largest absolute Gasteiger partial charge is 0.462 e. The minimum absolute atomic E-state index is 0.0649. The van der Waals surface area contributed by atoms with Gasteiger partial charge in [0.15, 0.2) is 0 Å². The van der Waals surface area contributed by atoms with Gasteiger partial charge in [0.1, 0.15) is 5.00 Å². The molecule has 5 heteroatoms. The summed E-state index contributed by atoms with van der Waals surface area (Å²) < 4.78 is 5.44. The van der Waals surface area contributed by atoms with Crippen molar-refractivity contribution in [3.8, 4) is 0 Å². The summed E-state index contributed by atoms with van der Waals surface area (Å²) in [6.07, 6.45) is 4.37. The third kappa shape index (κ3) is 4.46. The lowest BCUT2D eigenvalue weighted by atomic mass is 9.88. The van der Waals surface area contributed by atoms with E-state index < -0.39 is 0 Å². The van der Waals surface area contributed by atoms with E-state index in [0.717, 1.165) is 36.8 Å². The first-order valence-corrected chi connectivity index (χ1v) is 11.0. The van der Waals surface area contributed by atoms with E-state index in [2.05, 4.69) is 12.2 Å². The van der Waals surface area contributed by atoms with Gasteiger partial charge in [0, 0.05) is 4.88 Å². The van der Waals surface area contributed by atoms with Gasteiger partial charge in [-0.25, -0.2) is 4.79 Å². The van der Waals surface area contributed by atoms with E-state index in [1.807, 2.05) is 44.2 Å². The molecule has 4 nitrogen and oxygen atoms in total. The summed E-state index contributed by atoms with van der Waals surface area (Å²) >= 11 is 1.55. The summed E-state index contributed by atoms with van der Waals surface area (Å²) in [5, 5.41) is 3.72. The van der Waals surface area contributed by atoms with Crippen LogP contribution in [0.5, 0.6) is 0 Å². The first-order chi connectivity index (χ1) is 13.5. The molecule has 0 saturated heterocycles. The second kappa shape index (κ2) is 9.37. The maximum atomic E-state index is 13.1. The zero-order chi connectivity index (χ0) is 20.1. The van der Waals surface area contributed by atoms with Crippen molar-refractivity contribution in [2.45, 2.75) is 58.8 Å². The van der Waals surface area contributed by atoms with E-state index in [1.54, 1.807) is 11.3 Å². The summed E-state index contributed by atoms with van der Waals surface area (Å²) in [5.74, 6) is -0.0115. The molecule has 2 aromatic rings. The summed E-state index contributed by atoms with van der Waals surface area (Å²) in [6, 6.07) is 9.80. The van der Waals surface area contributed by atoms with E-state index in [4.69, 9.17) is 4.74 Å². The van der Waals surface area contributed by atoms with Crippen LogP contribution in [-0.4, -0.2) is 18.5 Å². The molecule has 28 heavy (non-hydrogen) atoms. The number of ether oxygens (including phenoxy) is 1. The van der Waals surface area contributed by atoms with Gasteiger partial charge in [-0.3, -0.25) is 4.79 Å². The fraction of sp³-hybridized carbons (Fsp3) is 0.478. The number of benzene rings is 1. The number of nitrogens with one attached hydrogen (secondary N) is 1. The second-order valence-electron chi connectivity index (χ2n) is 7.55. The Kier molecular flexibility index (Phi) is 6.89. The number of hydrogen-bond donors (Lipinski definition) is 1. The van der Waals surface area contributed by atoms with Crippen LogP contribution in [0, 0.1) is 5.92 Å². The summed E-state index contributed by atoms with van der Waals surface area (Å²) in [4.78, 5) is 27.0. The third-order valence-electron chi connectivity index (χ3n) is 5.32. The van der Waals surface area contributed by atoms with Gasteiger partial charge in [-0.05, 0) is 49.1 Å². The quantitative estimate of drug-likeness (QED) is 0.619. The van der Waals surface area contributed by atoms with E-state index in [1.165, 1.54) is 4.88 Å². The van der Waals surface area contributed by atoms with Crippen LogP contribution in [0.25, 0.3) is 0 Å².